The van der Waals surface area contributed by atoms with Crippen LogP contribution in [0.15, 0.2) is 42.7 Å². The zero-order valence-electron chi connectivity index (χ0n) is 11.6. The molecule has 1 aromatic carbocycles. The lowest BCUT2D eigenvalue weighted by molar-refractivity contribution is 0.633. The standard InChI is InChI=1S/C16H18N4/c1-12-3-5-13(6-4-12)19-10-15-9-14(19)11-20(15)16-17-7-2-8-18-16/h2-8,14-15H,9-11H2,1H3. The molecule has 2 atom stereocenters. The van der Waals surface area contributed by atoms with Gasteiger partial charge in [-0.2, -0.15) is 0 Å². The number of aromatic nitrogens is 2. The van der Waals surface area contributed by atoms with E-state index in [1.54, 1.807) is 0 Å². The molecule has 2 fully saturated rings. The highest BCUT2D eigenvalue weighted by molar-refractivity contribution is 5.54. The van der Waals surface area contributed by atoms with Crippen LogP contribution in [-0.2, 0) is 0 Å². The molecule has 0 saturated carbocycles. The Morgan fingerprint density at radius 3 is 2.25 bits per heavy atom. The monoisotopic (exact) mass is 266 g/mol. The van der Waals surface area contributed by atoms with Gasteiger partial charge in [-0.25, -0.2) is 9.97 Å². The first-order valence-corrected chi connectivity index (χ1v) is 7.18. The van der Waals surface area contributed by atoms with Crippen LogP contribution in [0.2, 0.25) is 0 Å². The third-order valence-corrected chi connectivity index (χ3v) is 4.42. The van der Waals surface area contributed by atoms with Crippen molar-refractivity contribution in [1.29, 1.82) is 0 Å². The fraction of sp³-hybridized carbons (Fsp3) is 0.375. The highest BCUT2D eigenvalue weighted by Crippen LogP contribution is 2.35. The Balaban J connectivity index is 1.54. The molecular weight excluding hydrogens is 248 g/mol. The molecule has 0 aliphatic carbocycles. The number of hydrogen-bond acceptors (Lipinski definition) is 4. The van der Waals surface area contributed by atoms with Crippen molar-refractivity contribution in [2.45, 2.75) is 25.4 Å². The van der Waals surface area contributed by atoms with E-state index in [1.165, 1.54) is 17.7 Å². The first-order chi connectivity index (χ1) is 9.81. The highest BCUT2D eigenvalue weighted by atomic mass is 15.4. The molecule has 2 aromatic rings. The summed E-state index contributed by atoms with van der Waals surface area (Å²) in [7, 11) is 0. The number of piperazine rings is 1. The summed E-state index contributed by atoms with van der Waals surface area (Å²) < 4.78 is 0. The molecule has 0 amide bonds. The first kappa shape index (κ1) is 11.7. The van der Waals surface area contributed by atoms with Crippen LogP contribution >= 0.6 is 0 Å². The summed E-state index contributed by atoms with van der Waals surface area (Å²) in [6.07, 6.45) is 4.87. The van der Waals surface area contributed by atoms with E-state index in [0.29, 0.717) is 12.1 Å². The number of hydrogen-bond donors (Lipinski definition) is 0. The van der Waals surface area contributed by atoms with Crippen molar-refractivity contribution < 1.29 is 0 Å². The van der Waals surface area contributed by atoms with Gasteiger partial charge in [0, 0.05) is 37.2 Å². The second-order valence-electron chi connectivity index (χ2n) is 5.73. The fourth-order valence-corrected chi connectivity index (χ4v) is 3.40. The van der Waals surface area contributed by atoms with Crippen molar-refractivity contribution in [3.8, 4) is 0 Å². The molecule has 4 heteroatoms. The van der Waals surface area contributed by atoms with Gasteiger partial charge < -0.3 is 9.80 Å². The van der Waals surface area contributed by atoms with E-state index in [4.69, 9.17) is 0 Å². The van der Waals surface area contributed by atoms with Gasteiger partial charge in [-0.1, -0.05) is 17.7 Å². The van der Waals surface area contributed by atoms with Gasteiger partial charge in [-0.15, -0.1) is 0 Å². The lowest BCUT2D eigenvalue weighted by atomic mass is 10.2. The second-order valence-corrected chi connectivity index (χ2v) is 5.73. The largest absolute Gasteiger partial charge is 0.365 e. The Bertz CT molecular complexity index is 596. The summed E-state index contributed by atoms with van der Waals surface area (Å²) in [6.45, 7) is 4.24. The molecule has 2 aliphatic heterocycles. The first-order valence-electron chi connectivity index (χ1n) is 7.18. The van der Waals surface area contributed by atoms with E-state index < -0.39 is 0 Å². The molecule has 20 heavy (non-hydrogen) atoms. The van der Waals surface area contributed by atoms with Gasteiger partial charge in [-0.3, -0.25) is 0 Å². The molecule has 3 heterocycles. The van der Waals surface area contributed by atoms with E-state index >= 15 is 0 Å². The van der Waals surface area contributed by atoms with Gasteiger partial charge in [-0.05, 0) is 31.5 Å². The molecule has 4 rings (SSSR count). The van der Waals surface area contributed by atoms with Gasteiger partial charge in [0.25, 0.3) is 0 Å². The predicted octanol–water partition coefficient (Wildman–Crippen LogP) is 2.25. The number of nitrogens with zero attached hydrogens (tertiary/aromatic N) is 4. The smallest absolute Gasteiger partial charge is 0.225 e. The zero-order chi connectivity index (χ0) is 13.5. The van der Waals surface area contributed by atoms with E-state index in [0.717, 1.165) is 19.0 Å². The molecular formula is C16H18N4. The van der Waals surface area contributed by atoms with Crippen LogP contribution in [0.25, 0.3) is 0 Å². The summed E-state index contributed by atoms with van der Waals surface area (Å²) in [4.78, 5) is 13.7. The van der Waals surface area contributed by atoms with Crippen LogP contribution in [0.3, 0.4) is 0 Å². The molecule has 2 unspecified atom stereocenters. The molecule has 1 aromatic heterocycles. The number of fused-ring (bicyclic) bond motifs is 2. The maximum atomic E-state index is 4.39. The van der Waals surface area contributed by atoms with E-state index in [1.807, 2.05) is 18.5 Å². The molecule has 2 saturated heterocycles. The topological polar surface area (TPSA) is 32.3 Å². The molecule has 0 radical (unpaired) electrons. The molecule has 0 N–H and O–H groups in total. The molecule has 2 aliphatic rings. The number of benzene rings is 1. The summed E-state index contributed by atoms with van der Waals surface area (Å²) >= 11 is 0. The Morgan fingerprint density at radius 2 is 1.60 bits per heavy atom. The summed E-state index contributed by atoms with van der Waals surface area (Å²) in [5, 5.41) is 0. The van der Waals surface area contributed by atoms with E-state index in [2.05, 4.69) is 51.0 Å². The lowest BCUT2D eigenvalue weighted by Crippen LogP contribution is -2.47. The fourth-order valence-electron chi connectivity index (χ4n) is 3.40. The number of anilines is 2. The van der Waals surface area contributed by atoms with Crippen molar-refractivity contribution in [2.24, 2.45) is 0 Å². The van der Waals surface area contributed by atoms with Gasteiger partial charge in [0.2, 0.25) is 5.95 Å². The van der Waals surface area contributed by atoms with Crippen LogP contribution in [0.1, 0.15) is 12.0 Å². The van der Waals surface area contributed by atoms with Crippen molar-refractivity contribution in [3.63, 3.8) is 0 Å². The van der Waals surface area contributed by atoms with Crippen molar-refractivity contribution >= 4 is 11.6 Å². The third kappa shape index (κ3) is 1.83. The van der Waals surface area contributed by atoms with Crippen LogP contribution in [0, 0.1) is 6.92 Å². The van der Waals surface area contributed by atoms with Crippen molar-refractivity contribution in [1.82, 2.24) is 9.97 Å². The SMILES string of the molecule is Cc1ccc(N2CC3CC2CN3c2ncccn2)cc1. The molecule has 4 nitrogen and oxygen atoms in total. The van der Waals surface area contributed by atoms with Crippen LogP contribution < -0.4 is 9.80 Å². The zero-order valence-corrected chi connectivity index (χ0v) is 11.6. The minimum absolute atomic E-state index is 0.545. The minimum atomic E-state index is 0.545. The maximum Gasteiger partial charge on any atom is 0.225 e. The van der Waals surface area contributed by atoms with E-state index in [9.17, 15) is 0 Å². The predicted molar refractivity (Wildman–Crippen MR) is 80.1 cm³/mol. The van der Waals surface area contributed by atoms with Crippen LogP contribution in [-0.4, -0.2) is 35.1 Å². The van der Waals surface area contributed by atoms with Crippen LogP contribution in [0.4, 0.5) is 11.6 Å². The summed E-state index contributed by atoms with van der Waals surface area (Å²) in [5.41, 5.74) is 2.66. The highest BCUT2D eigenvalue weighted by Gasteiger charge is 2.44. The van der Waals surface area contributed by atoms with Gasteiger partial charge in [0.1, 0.15) is 0 Å². The summed E-state index contributed by atoms with van der Waals surface area (Å²) in [6, 6.07) is 11.9. The average Bonchev–Trinajstić information content (AvgIpc) is 3.09. The number of aryl methyl sites for hydroxylation is 1. The molecule has 102 valence electrons. The quantitative estimate of drug-likeness (QED) is 0.834. The normalized spacial score (nSPS) is 24.4. The molecule has 2 bridgehead atoms. The van der Waals surface area contributed by atoms with Crippen molar-refractivity contribution in [2.75, 3.05) is 22.9 Å². The Labute approximate surface area is 119 Å². The van der Waals surface area contributed by atoms with E-state index in [-0.39, 0.29) is 0 Å². The third-order valence-electron chi connectivity index (χ3n) is 4.42. The Hall–Kier alpha value is -2.10. The number of rotatable bonds is 2. The van der Waals surface area contributed by atoms with Crippen LogP contribution in [0.5, 0.6) is 0 Å². The minimum Gasteiger partial charge on any atom is -0.365 e. The summed E-state index contributed by atoms with van der Waals surface area (Å²) in [5.74, 6) is 0.878. The Kier molecular flexibility index (Phi) is 2.62. The lowest BCUT2D eigenvalue weighted by Gasteiger charge is -2.35. The Morgan fingerprint density at radius 1 is 0.950 bits per heavy atom. The second kappa shape index (κ2) is 4.47. The van der Waals surface area contributed by atoms with Gasteiger partial charge in [0.05, 0.1) is 6.04 Å². The van der Waals surface area contributed by atoms with Gasteiger partial charge >= 0.3 is 0 Å². The molecule has 0 spiro atoms. The van der Waals surface area contributed by atoms with Crippen molar-refractivity contribution in [3.05, 3.63) is 48.3 Å². The average molecular weight is 266 g/mol. The maximum absolute atomic E-state index is 4.39. The van der Waals surface area contributed by atoms with Gasteiger partial charge in [0.15, 0.2) is 0 Å².